The lowest BCUT2D eigenvalue weighted by atomic mass is 9.73. The molecule has 0 saturated heterocycles. The molecule has 3 heteroatoms. The van der Waals surface area contributed by atoms with Gasteiger partial charge in [0.15, 0.2) is 0 Å². The zero-order chi connectivity index (χ0) is 11.9. The van der Waals surface area contributed by atoms with Crippen molar-refractivity contribution in [3.63, 3.8) is 0 Å². The van der Waals surface area contributed by atoms with Crippen LogP contribution in [0.25, 0.3) is 0 Å². The number of carbonyl (C=O) groups excluding carboxylic acids is 1. The van der Waals surface area contributed by atoms with Crippen LogP contribution in [-0.2, 0) is 9.53 Å². The second-order valence-electron chi connectivity index (χ2n) is 4.75. The topological polar surface area (TPSA) is 52.3 Å². The van der Waals surface area contributed by atoms with Crippen LogP contribution in [0.15, 0.2) is 12.2 Å². The summed E-state index contributed by atoms with van der Waals surface area (Å²) in [6, 6.07) is 0. The lowest BCUT2D eigenvalue weighted by molar-refractivity contribution is -0.120. The third-order valence-corrected chi connectivity index (χ3v) is 3.32. The monoisotopic (exact) mass is 225 g/mol. The summed E-state index contributed by atoms with van der Waals surface area (Å²) < 4.78 is 5.04. The highest BCUT2D eigenvalue weighted by Gasteiger charge is 2.29. The molecular weight excluding hydrogens is 202 g/mol. The van der Waals surface area contributed by atoms with Crippen molar-refractivity contribution in [3.05, 3.63) is 12.2 Å². The van der Waals surface area contributed by atoms with Crippen LogP contribution in [0.5, 0.6) is 0 Å². The van der Waals surface area contributed by atoms with Crippen LogP contribution in [0.3, 0.4) is 0 Å². The van der Waals surface area contributed by atoms with Gasteiger partial charge in [0.1, 0.15) is 0 Å². The number of nitrogens with two attached hydrogens (primary N) is 1. The Morgan fingerprint density at radius 2 is 2.31 bits per heavy atom. The molecule has 0 unspecified atom stereocenters. The van der Waals surface area contributed by atoms with Crippen molar-refractivity contribution < 1.29 is 9.53 Å². The molecule has 1 aliphatic rings. The minimum absolute atomic E-state index is 0.0395. The summed E-state index contributed by atoms with van der Waals surface area (Å²) in [5.74, 6) is -0.182. The average molecular weight is 225 g/mol. The molecule has 92 valence electrons. The van der Waals surface area contributed by atoms with Crippen LogP contribution >= 0.6 is 0 Å². The first-order chi connectivity index (χ1) is 7.68. The van der Waals surface area contributed by atoms with Crippen molar-refractivity contribution in [1.29, 1.82) is 0 Å². The molecule has 0 aromatic heterocycles. The second kappa shape index (κ2) is 6.69. The average Bonchev–Trinajstić information content (AvgIpc) is 2.25. The lowest BCUT2D eigenvalue weighted by Crippen LogP contribution is -2.28. The zero-order valence-electron chi connectivity index (χ0n) is 10.2. The third-order valence-electron chi connectivity index (χ3n) is 3.32. The lowest BCUT2D eigenvalue weighted by Gasteiger charge is -2.32. The normalized spacial score (nSPS) is 24.6. The van der Waals surface area contributed by atoms with Crippen molar-refractivity contribution in [3.8, 4) is 0 Å². The fraction of sp³-hybridized carbons (Fsp3) is 0.769. The van der Waals surface area contributed by atoms with Gasteiger partial charge in [-0.3, -0.25) is 4.79 Å². The molecule has 0 saturated carbocycles. The van der Waals surface area contributed by atoms with Crippen LogP contribution < -0.4 is 5.73 Å². The van der Waals surface area contributed by atoms with E-state index in [1.54, 1.807) is 7.11 Å². The first kappa shape index (κ1) is 13.2. The molecule has 0 fully saturated rings. The minimum atomic E-state index is -0.182. The Bertz CT molecular complexity index is 250. The predicted molar refractivity (Wildman–Crippen MR) is 65.0 cm³/mol. The number of primary amides is 1. The quantitative estimate of drug-likeness (QED) is 0.534. The third kappa shape index (κ3) is 4.35. The first-order valence-corrected chi connectivity index (χ1v) is 6.13. The van der Waals surface area contributed by atoms with E-state index < -0.39 is 0 Å². The van der Waals surface area contributed by atoms with Gasteiger partial charge in [-0.2, -0.15) is 0 Å². The molecule has 1 aliphatic carbocycles. The smallest absolute Gasteiger partial charge is 0.218 e. The molecule has 0 aromatic carbocycles. The van der Waals surface area contributed by atoms with Crippen LogP contribution in [0.2, 0.25) is 0 Å². The number of hydrogen-bond donors (Lipinski definition) is 1. The van der Waals surface area contributed by atoms with Gasteiger partial charge in [-0.15, -0.1) is 0 Å². The molecule has 16 heavy (non-hydrogen) atoms. The van der Waals surface area contributed by atoms with Crippen LogP contribution in [0.1, 0.15) is 44.9 Å². The van der Waals surface area contributed by atoms with Gasteiger partial charge in [0.25, 0.3) is 0 Å². The van der Waals surface area contributed by atoms with Crippen molar-refractivity contribution in [1.82, 2.24) is 0 Å². The second-order valence-corrected chi connectivity index (χ2v) is 4.75. The number of amides is 1. The van der Waals surface area contributed by atoms with Gasteiger partial charge in [-0.25, -0.2) is 0 Å². The highest BCUT2D eigenvalue weighted by Crippen LogP contribution is 2.39. The Kier molecular flexibility index (Phi) is 5.53. The van der Waals surface area contributed by atoms with E-state index >= 15 is 0 Å². The summed E-state index contributed by atoms with van der Waals surface area (Å²) in [5, 5.41) is 0. The van der Waals surface area contributed by atoms with E-state index in [0.29, 0.717) is 6.42 Å². The molecule has 0 radical (unpaired) electrons. The van der Waals surface area contributed by atoms with Gasteiger partial charge in [0, 0.05) is 20.1 Å². The number of unbranched alkanes of at least 4 members (excludes halogenated alkanes) is 1. The van der Waals surface area contributed by atoms with E-state index in [1.165, 1.54) is 6.42 Å². The fourth-order valence-corrected chi connectivity index (χ4v) is 2.50. The molecule has 0 aliphatic heterocycles. The molecule has 3 nitrogen and oxygen atoms in total. The van der Waals surface area contributed by atoms with E-state index in [9.17, 15) is 4.79 Å². The van der Waals surface area contributed by atoms with Crippen molar-refractivity contribution in [2.45, 2.75) is 44.9 Å². The van der Waals surface area contributed by atoms with Gasteiger partial charge in [0.2, 0.25) is 5.91 Å². The number of hydrogen-bond acceptors (Lipinski definition) is 2. The number of methoxy groups -OCH3 is 1. The molecule has 2 N–H and O–H groups in total. The summed E-state index contributed by atoms with van der Waals surface area (Å²) in [4.78, 5) is 11.1. The van der Waals surface area contributed by atoms with E-state index in [2.05, 4.69) is 12.2 Å². The van der Waals surface area contributed by atoms with E-state index in [4.69, 9.17) is 10.5 Å². The number of carbonyl (C=O) groups is 1. The number of ether oxygens (including phenoxy) is 1. The maximum atomic E-state index is 11.1. The summed E-state index contributed by atoms with van der Waals surface area (Å²) >= 11 is 0. The van der Waals surface area contributed by atoms with Gasteiger partial charge >= 0.3 is 0 Å². The van der Waals surface area contributed by atoms with Crippen molar-refractivity contribution in [2.24, 2.45) is 11.1 Å². The summed E-state index contributed by atoms with van der Waals surface area (Å²) in [7, 11) is 1.72. The molecular formula is C13H23NO2. The fourth-order valence-electron chi connectivity index (χ4n) is 2.50. The SMILES string of the molecule is COCCCC[C@@]1(CC(N)=O)C=CCCC1. The van der Waals surface area contributed by atoms with E-state index in [0.717, 1.165) is 38.7 Å². The van der Waals surface area contributed by atoms with E-state index in [1.807, 2.05) is 0 Å². The van der Waals surface area contributed by atoms with Crippen LogP contribution in [0.4, 0.5) is 0 Å². The Hall–Kier alpha value is -0.830. The standard InChI is InChI=1S/C13H23NO2/c1-16-10-6-5-9-13(11-12(14)15)7-3-2-4-8-13/h3,7H,2,4-6,8-11H2,1H3,(H2,14,15)/t13-/m1/s1. The zero-order valence-corrected chi connectivity index (χ0v) is 10.2. The van der Waals surface area contributed by atoms with Crippen LogP contribution in [-0.4, -0.2) is 19.6 Å². The summed E-state index contributed by atoms with van der Waals surface area (Å²) in [6.45, 7) is 0.802. The largest absolute Gasteiger partial charge is 0.385 e. The van der Waals surface area contributed by atoms with Gasteiger partial charge in [-0.05, 0) is 37.5 Å². The summed E-state index contributed by atoms with van der Waals surface area (Å²) in [5.41, 5.74) is 5.38. The number of allylic oxidation sites excluding steroid dienone is 2. The predicted octanol–water partition coefficient (Wildman–Crippen LogP) is 2.41. The first-order valence-electron chi connectivity index (χ1n) is 6.13. The maximum Gasteiger partial charge on any atom is 0.218 e. The van der Waals surface area contributed by atoms with Gasteiger partial charge < -0.3 is 10.5 Å². The van der Waals surface area contributed by atoms with Crippen LogP contribution in [0, 0.1) is 5.41 Å². The summed E-state index contributed by atoms with van der Waals surface area (Å²) in [6.07, 6.45) is 11.5. The molecule has 0 aromatic rings. The Balaban J connectivity index is 2.46. The Morgan fingerprint density at radius 1 is 1.50 bits per heavy atom. The number of rotatable bonds is 7. The Morgan fingerprint density at radius 3 is 2.88 bits per heavy atom. The van der Waals surface area contributed by atoms with Crippen molar-refractivity contribution >= 4 is 5.91 Å². The molecule has 0 spiro atoms. The van der Waals surface area contributed by atoms with Gasteiger partial charge in [0.05, 0.1) is 0 Å². The van der Waals surface area contributed by atoms with Gasteiger partial charge in [-0.1, -0.05) is 18.6 Å². The molecule has 1 amide bonds. The Labute approximate surface area is 98.0 Å². The molecule has 0 heterocycles. The molecule has 0 bridgehead atoms. The highest BCUT2D eigenvalue weighted by molar-refractivity contribution is 5.74. The highest BCUT2D eigenvalue weighted by atomic mass is 16.5. The minimum Gasteiger partial charge on any atom is -0.385 e. The maximum absolute atomic E-state index is 11.1. The van der Waals surface area contributed by atoms with E-state index in [-0.39, 0.29) is 11.3 Å². The molecule has 1 atom stereocenters. The van der Waals surface area contributed by atoms with Crippen molar-refractivity contribution in [2.75, 3.05) is 13.7 Å². The molecule has 1 rings (SSSR count).